The molecule has 3 rings (SSSR count). The minimum Gasteiger partial charge on any atom is -0.342 e. The summed E-state index contributed by atoms with van der Waals surface area (Å²) in [6, 6.07) is 8.55. The van der Waals surface area contributed by atoms with Crippen molar-refractivity contribution < 1.29 is 4.79 Å². The fraction of sp³-hybridized carbons (Fsp3) is 0.562. The number of rotatable bonds is 2. The topological polar surface area (TPSA) is 46.3 Å². The number of benzene rings is 1. The van der Waals surface area contributed by atoms with Crippen LogP contribution in [0.4, 0.5) is 0 Å². The van der Waals surface area contributed by atoms with Crippen LogP contribution >= 0.6 is 12.4 Å². The Bertz CT molecular complexity index is 481. The van der Waals surface area contributed by atoms with Gasteiger partial charge in [-0.15, -0.1) is 12.4 Å². The Morgan fingerprint density at radius 2 is 1.95 bits per heavy atom. The number of amides is 1. The normalized spacial score (nSPS) is 23.3. The lowest BCUT2D eigenvalue weighted by atomic mass is 9.76. The number of piperidine rings is 1. The van der Waals surface area contributed by atoms with E-state index < -0.39 is 0 Å². The predicted molar refractivity (Wildman–Crippen MR) is 83.1 cm³/mol. The van der Waals surface area contributed by atoms with E-state index in [1.54, 1.807) is 0 Å². The molecule has 1 aliphatic heterocycles. The van der Waals surface area contributed by atoms with Crippen molar-refractivity contribution in [3.05, 3.63) is 35.4 Å². The average molecular weight is 295 g/mol. The van der Waals surface area contributed by atoms with E-state index in [0.29, 0.717) is 11.8 Å². The van der Waals surface area contributed by atoms with Crippen LogP contribution in [0, 0.1) is 5.92 Å². The zero-order valence-corrected chi connectivity index (χ0v) is 12.7. The van der Waals surface area contributed by atoms with Crippen molar-refractivity contribution in [3.8, 4) is 0 Å². The Morgan fingerprint density at radius 3 is 2.55 bits per heavy atom. The van der Waals surface area contributed by atoms with E-state index in [9.17, 15) is 4.79 Å². The third-order valence-corrected chi connectivity index (χ3v) is 4.75. The van der Waals surface area contributed by atoms with E-state index in [0.717, 1.165) is 32.4 Å². The van der Waals surface area contributed by atoms with Crippen LogP contribution in [0.25, 0.3) is 0 Å². The average Bonchev–Trinajstić information content (AvgIpc) is 2.40. The summed E-state index contributed by atoms with van der Waals surface area (Å²) in [5, 5.41) is 0. The Kier molecular flexibility index (Phi) is 4.71. The number of nitrogens with zero attached hydrogens (tertiary/aromatic N) is 1. The van der Waals surface area contributed by atoms with Crippen molar-refractivity contribution in [3.63, 3.8) is 0 Å². The molecule has 2 aliphatic rings. The van der Waals surface area contributed by atoms with Gasteiger partial charge in [-0.2, -0.15) is 0 Å². The molecule has 1 aromatic rings. The summed E-state index contributed by atoms with van der Waals surface area (Å²) in [4.78, 5) is 14.6. The largest absolute Gasteiger partial charge is 0.342 e. The lowest BCUT2D eigenvalue weighted by molar-refractivity contribution is -0.134. The smallest absolute Gasteiger partial charge is 0.230 e. The van der Waals surface area contributed by atoms with Crippen LogP contribution in [0.2, 0.25) is 0 Å². The van der Waals surface area contributed by atoms with Crippen LogP contribution < -0.4 is 5.73 Å². The molecule has 1 amide bonds. The summed E-state index contributed by atoms with van der Waals surface area (Å²) >= 11 is 0. The Labute approximate surface area is 126 Å². The molecule has 1 aliphatic carbocycles. The van der Waals surface area contributed by atoms with Gasteiger partial charge in [-0.05, 0) is 43.2 Å². The number of likely N-dealkylation sites (tertiary alicyclic amines) is 1. The number of nitrogens with two attached hydrogens (primary N) is 1. The standard InChI is InChI=1S/C16H22N2O.ClH/c1-11(17)12-6-8-18(9-7-12)16(19)15-10-13-4-2-3-5-14(13)15;/h2-5,11-12,15H,6-10,17H2,1H3;1H. The lowest BCUT2D eigenvalue weighted by Gasteiger charge is -2.38. The first-order valence-corrected chi connectivity index (χ1v) is 7.29. The molecule has 20 heavy (non-hydrogen) atoms. The summed E-state index contributed by atoms with van der Waals surface area (Å²) in [7, 11) is 0. The molecule has 110 valence electrons. The molecule has 3 nitrogen and oxygen atoms in total. The molecule has 2 unspecified atom stereocenters. The molecule has 1 fully saturated rings. The van der Waals surface area contributed by atoms with Gasteiger partial charge in [0.2, 0.25) is 5.91 Å². The SMILES string of the molecule is CC(N)C1CCN(C(=O)C2Cc3ccccc32)CC1.Cl. The van der Waals surface area contributed by atoms with Gasteiger partial charge in [-0.3, -0.25) is 4.79 Å². The first-order chi connectivity index (χ1) is 9.16. The number of hydrogen-bond donors (Lipinski definition) is 1. The Balaban J connectivity index is 0.00000147. The van der Waals surface area contributed by atoms with E-state index in [1.807, 2.05) is 17.0 Å². The Morgan fingerprint density at radius 1 is 1.30 bits per heavy atom. The number of fused-ring (bicyclic) bond motifs is 1. The van der Waals surface area contributed by atoms with E-state index in [4.69, 9.17) is 5.73 Å². The van der Waals surface area contributed by atoms with Crippen molar-refractivity contribution in [2.75, 3.05) is 13.1 Å². The van der Waals surface area contributed by atoms with E-state index in [1.165, 1.54) is 11.1 Å². The predicted octanol–water partition coefficient (Wildman–Crippen LogP) is 2.33. The van der Waals surface area contributed by atoms with Gasteiger partial charge in [0, 0.05) is 19.1 Å². The molecule has 0 bridgehead atoms. The van der Waals surface area contributed by atoms with Gasteiger partial charge >= 0.3 is 0 Å². The third-order valence-electron chi connectivity index (χ3n) is 4.75. The van der Waals surface area contributed by atoms with E-state index in [2.05, 4.69) is 19.1 Å². The number of carbonyl (C=O) groups excluding carboxylic acids is 1. The van der Waals surface area contributed by atoms with E-state index >= 15 is 0 Å². The Hall–Kier alpha value is -1.06. The highest BCUT2D eigenvalue weighted by molar-refractivity contribution is 5.87. The van der Waals surface area contributed by atoms with Crippen molar-refractivity contribution in [2.24, 2.45) is 11.7 Å². The van der Waals surface area contributed by atoms with Crippen LogP contribution in [0.15, 0.2) is 24.3 Å². The summed E-state index contributed by atoms with van der Waals surface area (Å²) in [5.41, 5.74) is 8.52. The fourth-order valence-electron chi connectivity index (χ4n) is 3.35. The van der Waals surface area contributed by atoms with Crippen molar-refractivity contribution in [1.29, 1.82) is 0 Å². The highest BCUT2D eigenvalue weighted by atomic mass is 35.5. The van der Waals surface area contributed by atoms with Gasteiger partial charge in [0.15, 0.2) is 0 Å². The van der Waals surface area contributed by atoms with Gasteiger partial charge < -0.3 is 10.6 Å². The van der Waals surface area contributed by atoms with Crippen LogP contribution in [-0.4, -0.2) is 29.9 Å². The monoisotopic (exact) mass is 294 g/mol. The van der Waals surface area contributed by atoms with Crippen LogP contribution in [0.3, 0.4) is 0 Å². The van der Waals surface area contributed by atoms with Crippen LogP contribution in [0.5, 0.6) is 0 Å². The molecule has 1 aromatic carbocycles. The highest BCUT2D eigenvalue weighted by Crippen LogP contribution is 2.37. The first kappa shape index (κ1) is 15.3. The summed E-state index contributed by atoms with van der Waals surface area (Å²) in [5.74, 6) is 1.02. The molecule has 1 heterocycles. The first-order valence-electron chi connectivity index (χ1n) is 7.29. The molecule has 2 N–H and O–H groups in total. The highest BCUT2D eigenvalue weighted by Gasteiger charge is 2.36. The molecule has 0 spiro atoms. The van der Waals surface area contributed by atoms with Gasteiger partial charge in [0.25, 0.3) is 0 Å². The number of halogens is 1. The van der Waals surface area contributed by atoms with Crippen LogP contribution in [-0.2, 0) is 11.2 Å². The number of carbonyl (C=O) groups is 1. The van der Waals surface area contributed by atoms with Gasteiger partial charge in [0.05, 0.1) is 5.92 Å². The summed E-state index contributed by atoms with van der Waals surface area (Å²) in [6.07, 6.45) is 3.03. The maximum absolute atomic E-state index is 12.5. The van der Waals surface area contributed by atoms with Crippen LogP contribution in [0.1, 0.15) is 36.8 Å². The molecule has 0 saturated carbocycles. The minimum absolute atomic E-state index is 0. The molecule has 0 aromatic heterocycles. The molecular formula is C16H23ClN2O. The zero-order chi connectivity index (χ0) is 13.4. The second kappa shape index (κ2) is 6.15. The molecule has 1 saturated heterocycles. The lowest BCUT2D eigenvalue weighted by Crippen LogP contribution is -2.46. The van der Waals surface area contributed by atoms with Gasteiger partial charge in [0.1, 0.15) is 0 Å². The summed E-state index contributed by atoms with van der Waals surface area (Å²) in [6.45, 7) is 3.83. The van der Waals surface area contributed by atoms with Crippen molar-refractivity contribution >= 4 is 18.3 Å². The third kappa shape index (κ3) is 2.70. The van der Waals surface area contributed by atoms with E-state index in [-0.39, 0.29) is 24.4 Å². The molecule has 0 radical (unpaired) electrons. The second-order valence-electron chi connectivity index (χ2n) is 5.98. The molecular weight excluding hydrogens is 272 g/mol. The van der Waals surface area contributed by atoms with Gasteiger partial charge in [-0.1, -0.05) is 24.3 Å². The molecule has 4 heteroatoms. The molecule has 2 atom stereocenters. The second-order valence-corrected chi connectivity index (χ2v) is 5.98. The maximum atomic E-state index is 12.5. The minimum atomic E-state index is 0. The van der Waals surface area contributed by atoms with Crippen molar-refractivity contribution in [1.82, 2.24) is 4.90 Å². The van der Waals surface area contributed by atoms with Crippen molar-refractivity contribution in [2.45, 2.75) is 38.1 Å². The number of hydrogen-bond acceptors (Lipinski definition) is 2. The zero-order valence-electron chi connectivity index (χ0n) is 11.9. The fourth-order valence-corrected chi connectivity index (χ4v) is 3.35. The quantitative estimate of drug-likeness (QED) is 0.910. The van der Waals surface area contributed by atoms with Gasteiger partial charge in [-0.25, -0.2) is 0 Å². The summed E-state index contributed by atoms with van der Waals surface area (Å²) < 4.78 is 0. The maximum Gasteiger partial charge on any atom is 0.230 e.